The van der Waals surface area contributed by atoms with E-state index >= 15 is 0 Å². The van der Waals surface area contributed by atoms with Gasteiger partial charge in [-0.25, -0.2) is 4.39 Å². The van der Waals surface area contributed by atoms with E-state index in [-0.39, 0.29) is 11.6 Å². The van der Waals surface area contributed by atoms with Gasteiger partial charge in [0.2, 0.25) is 5.91 Å². The normalized spacial score (nSPS) is 12.4. The van der Waals surface area contributed by atoms with Crippen molar-refractivity contribution < 1.29 is 9.18 Å². The number of benzene rings is 1. The van der Waals surface area contributed by atoms with Crippen molar-refractivity contribution in [3.8, 4) is 0 Å². The monoisotopic (exact) mass is 245 g/mol. The lowest BCUT2D eigenvalue weighted by atomic mass is 10.2. The Morgan fingerprint density at radius 1 is 1.56 bits per heavy atom. The summed E-state index contributed by atoms with van der Waals surface area (Å²) in [5.41, 5.74) is 11.2. The van der Waals surface area contributed by atoms with Gasteiger partial charge in [-0.3, -0.25) is 4.79 Å². The summed E-state index contributed by atoms with van der Waals surface area (Å²) in [6.07, 6.45) is 0. The molecule has 6 heteroatoms. The highest BCUT2D eigenvalue weighted by atomic mass is 35.5. The van der Waals surface area contributed by atoms with Gasteiger partial charge in [0, 0.05) is 13.1 Å². The highest BCUT2D eigenvalue weighted by Gasteiger charge is 2.08. The van der Waals surface area contributed by atoms with Crippen molar-refractivity contribution in [2.45, 2.75) is 12.6 Å². The Labute approximate surface area is 97.8 Å². The second-order valence-electron chi connectivity index (χ2n) is 3.39. The number of carbonyl (C=O) groups is 1. The summed E-state index contributed by atoms with van der Waals surface area (Å²) < 4.78 is 12.8. The van der Waals surface area contributed by atoms with E-state index in [1.807, 2.05) is 0 Å². The van der Waals surface area contributed by atoms with Gasteiger partial charge in [-0.2, -0.15) is 0 Å². The van der Waals surface area contributed by atoms with E-state index in [9.17, 15) is 9.18 Å². The lowest BCUT2D eigenvalue weighted by Gasteiger charge is -2.09. The SMILES string of the molecule is NC(=O)C(N)CNCc1ccc(F)c(Cl)c1. The van der Waals surface area contributed by atoms with Gasteiger partial charge in [0.15, 0.2) is 0 Å². The molecular weight excluding hydrogens is 233 g/mol. The minimum Gasteiger partial charge on any atom is -0.368 e. The molecule has 1 aromatic rings. The Bertz CT molecular complexity index is 386. The molecule has 1 aromatic carbocycles. The van der Waals surface area contributed by atoms with Gasteiger partial charge < -0.3 is 16.8 Å². The van der Waals surface area contributed by atoms with Crippen LogP contribution in [0.1, 0.15) is 5.56 Å². The van der Waals surface area contributed by atoms with Crippen LogP contribution in [0.25, 0.3) is 0 Å². The Morgan fingerprint density at radius 2 is 2.25 bits per heavy atom. The molecule has 0 bridgehead atoms. The van der Waals surface area contributed by atoms with Crippen molar-refractivity contribution in [3.05, 3.63) is 34.6 Å². The summed E-state index contributed by atoms with van der Waals surface area (Å²) in [5, 5.41) is 2.99. The van der Waals surface area contributed by atoms with Gasteiger partial charge in [-0.15, -0.1) is 0 Å². The van der Waals surface area contributed by atoms with Gasteiger partial charge in [0.25, 0.3) is 0 Å². The van der Waals surface area contributed by atoms with E-state index < -0.39 is 17.8 Å². The molecule has 0 aliphatic heterocycles. The summed E-state index contributed by atoms with van der Waals surface area (Å²) in [4.78, 5) is 10.6. The number of hydrogen-bond acceptors (Lipinski definition) is 3. The minimum atomic E-state index is -0.726. The molecule has 0 aliphatic rings. The van der Waals surface area contributed by atoms with Gasteiger partial charge in [0.1, 0.15) is 5.82 Å². The second-order valence-corrected chi connectivity index (χ2v) is 3.80. The Hall–Kier alpha value is -1.17. The molecule has 0 spiro atoms. The highest BCUT2D eigenvalue weighted by molar-refractivity contribution is 6.30. The van der Waals surface area contributed by atoms with Crippen LogP contribution in [0.3, 0.4) is 0 Å². The second kappa shape index (κ2) is 5.79. The zero-order valence-corrected chi connectivity index (χ0v) is 9.30. The molecule has 0 aliphatic carbocycles. The van der Waals surface area contributed by atoms with E-state index in [2.05, 4.69) is 5.32 Å². The Balaban J connectivity index is 2.43. The van der Waals surface area contributed by atoms with E-state index in [1.165, 1.54) is 12.1 Å². The molecule has 1 unspecified atom stereocenters. The average Bonchev–Trinajstić information content (AvgIpc) is 2.23. The summed E-state index contributed by atoms with van der Waals surface area (Å²) in [6, 6.07) is 3.67. The molecule has 16 heavy (non-hydrogen) atoms. The largest absolute Gasteiger partial charge is 0.368 e. The predicted molar refractivity (Wildman–Crippen MR) is 60.3 cm³/mol. The predicted octanol–water partition coefficient (Wildman–Crippen LogP) is 0.381. The third-order valence-corrected chi connectivity index (χ3v) is 2.33. The van der Waals surface area contributed by atoms with Crippen LogP contribution in [0, 0.1) is 5.82 Å². The molecule has 1 atom stereocenters. The van der Waals surface area contributed by atoms with Gasteiger partial charge in [-0.1, -0.05) is 17.7 Å². The van der Waals surface area contributed by atoms with Crippen LogP contribution in [0.2, 0.25) is 5.02 Å². The molecule has 0 saturated heterocycles. The number of nitrogens with two attached hydrogens (primary N) is 2. The van der Waals surface area contributed by atoms with Gasteiger partial charge in [0.05, 0.1) is 11.1 Å². The molecule has 1 rings (SSSR count). The van der Waals surface area contributed by atoms with Crippen LogP contribution in [0.15, 0.2) is 18.2 Å². The fourth-order valence-electron chi connectivity index (χ4n) is 1.12. The molecule has 0 saturated carbocycles. The quantitative estimate of drug-likeness (QED) is 0.702. The van der Waals surface area contributed by atoms with Crippen molar-refractivity contribution >= 4 is 17.5 Å². The van der Waals surface area contributed by atoms with Crippen LogP contribution < -0.4 is 16.8 Å². The standard InChI is InChI=1S/C10H13ClFN3O/c11-7-3-6(1-2-8(7)12)4-15-5-9(13)10(14)16/h1-3,9,15H,4-5,13H2,(H2,14,16). The molecule has 88 valence electrons. The molecule has 0 radical (unpaired) electrons. The van der Waals surface area contributed by atoms with Crippen LogP contribution in [0.5, 0.6) is 0 Å². The topological polar surface area (TPSA) is 81.1 Å². The van der Waals surface area contributed by atoms with Gasteiger partial charge in [-0.05, 0) is 17.7 Å². The summed E-state index contributed by atoms with van der Waals surface area (Å²) in [5.74, 6) is -1.02. The first kappa shape index (κ1) is 12.9. The fraction of sp³-hybridized carbons (Fsp3) is 0.300. The maximum absolute atomic E-state index is 12.8. The number of rotatable bonds is 5. The van der Waals surface area contributed by atoms with Crippen molar-refractivity contribution in [1.82, 2.24) is 5.32 Å². The Kier molecular flexibility index (Phi) is 4.67. The van der Waals surface area contributed by atoms with Crippen molar-refractivity contribution in [2.24, 2.45) is 11.5 Å². The number of carbonyl (C=O) groups excluding carboxylic acids is 1. The summed E-state index contributed by atoms with van der Waals surface area (Å²) >= 11 is 5.60. The van der Waals surface area contributed by atoms with E-state index in [0.29, 0.717) is 6.54 Å². The fourth-order valence-corrected chi connectivity index (χ4v) is 1.33. The molecule has 5 N–H and O–H groups in total. The summed E-state index contributed by atoms with van der Waals surface area (Å²) in [6.45, 7) is 0.714. The number of halogens is 2. The number of hydrogen-bond donors (Lipinski definition) is 3. The van der Waals surface area contributed by atoms with Crippen LogP contribution in [-0.4, -0.2) is 18.5 Å². The van der Waals surface area contributed by atoms with Crippen molar-refractivity contribution in [2.75, 3.05) is 6.54 Å². The summed E-state index contributed by atoms with van der Waals surface area (Å²) in [7, 11) is 0. The highest BCUT2D eigenvalue weighted by Crippen LogP contribution is 2.15. The van der Waals surface area contributed by atoms with E-state index in [0.717, 1.165) is 5.56 Å². The van der Waals surface area contributed by atoms with Gasteiger partial charge >= 0.3 is 0 Å². The smallest absolute Gasteiger partial charge is 0.235 e. The first-order chi connectivity index (χ1) is 7.50. The molecule has 1 amide bonds. The molecule has 4 nitrogen and oxygen atoms in total. The van der Waals surface area contributed by atoms with Crippen LogP contribution >= 0.6 is 11.6 Å². The minimum absolute atomic E-state index is 0.0681. The number of primary amides is 1. The van der Waals surface area contributed by atoms with E-state index in [1.54, 1.807) is 6.07 Å². The van der Waals surface area contributed by atoms with Crippen LogP contribution in [0.4, 0.5) is 4.39 Å². The molecule has 0 fully saturated rings. The van der Waals surface area contributed by atoms with Crippen molar-refractivity contribution in [1.29, 1.82) is 0 Å². The average molecular weight is 246 g/mol. The third kappa shape index (κ3) is 3.77. The van der Waals surface area contributed by atoms with Crippen molar-refractivity contribution in [3.63, 3.8) is 0 Å². The van der Waals surface area contributed by atoms with Crippen LogP contribution in [-0.2, 0) is 11.3 Å². The maximum Gasteiger partial charge on any atom is 0.235 e. The lowest BCUT2D eigenvalue weighted by Crippen LogP contribution is -2.44. The first-order valence-electron chi connectivity index (χ1n) is 4.70. The molecule has 0 aromatic heterocycles. The molecular formula is C10H13ClFN3O. The number of nitrogens with one attached hydrogen (secondary N) is 1. The van der Waals surface area contributed by atoms with E-state index in [4.69, 9.17) is 23.1 Å². The lowest BCUT2D eigenvalue weighted by molar-refractivity contribution is -0.119. The maximum atomic E-state index is 12.8. The zero-order valence-electron chi connectivity index (χ0n) is 8.54. The molecule has 0 heterocycles. The first-order valence-corrected chi connectivity index (χ1v) is 5.08. The third-order valence-electron chi connectivity index (χ3n) is 2.04. The zero-order chi connectivity index (χ0) is 12.1. The Morgan fingerprint density at radius 3 is 2.81 bits per heavy atom. The number of amides is 1.